The van der Waals surface area contributed by atoms with Crippen molar-refractivity contribution in [1.29, 1.82) is 0 Å². The van der Waals surface area contributed by atoms with Crippen LogP contribution in [0.3, 0.4) is 0 Å². The maximum Gasteiger partial charge on any atom is 0.418 e. The lowest BCUT2D eigenvalue weighted by Gasteiger charge is -2.12. The van der Waals surface area contributed by atoms with Crippen molar-refractivity contribution in [1.82, 2.24) is 4.57 Å². The molecule has 0 fully saturated rings. The third-order valence-electron chi connectivity index (χ3n) is 2.68. The van der Waals surface area contributed by atoms with Gasteiger partial charge in [-0.3, -0.25) is 0 Å². The lowest BCUT2D eigenvalue weighted by Crippen LogP contribution is -2.19. The molecular formula is C13H11BrF3NO. The molecule has 0 saturated heterocycles. The second-order valence-electron chi connectivity index (χ2n) is 4.19. The number of hydrogen-bond donors (Lipinski definition) is 1. The Hall–Kier alpha value is -1.27. The standard InChI is InChI=1S/C13H11BrF3NO/c14-11-3-1-9(2-4-11)7-18-6-5-10(8-18)12(19)13(15,16)17/h1-6,8,12,19H,7H2. The second kappa shape index (κ2) is 5.38. The molecule has 0 amide bonds. The lowest BCUT2D eigenvalue weighted by molar-refractivity contribution is -0.206. The van der Waals surface area contributed by atoms with Crippen LogP contribution in [0.4, 0.5) is 13.2 Å². The Morgan fingerprint density at radius 2 is 1.79 bits per heavy atom. The van der Waals surface area contributed by atoms with Gasteiger partial charge in [0.05, 0.1) is 0 Å². The average molecular weight is 334 g/mol. The Balaban J connectivity index is 2.11. The highest BCUT2D eigenvalue weighted by molar-refractivity contribution is 9.10. The second-order valence-corrected chi connectivity index (χ2v) is 5.10. The summed E-state index contributed by atoms with van der Waals surface area (Å²) in [7, 11) is 0. The molecule has 0 aliphatic rings. The highest BCUT2D eigenvalue weighted by atomic mass is 79.9. The van der Waals surface area contributed by atoms with Gasteiger partial charge in [0.25, 0.3) is 0 Å². The first-order chi connectivity index (χ1) is 8.86. The van der Waals surface area contributed by atoms with Crippen molar-refractivity contribution in [3.8, 4) is 0 Å². The van der Waals surface area contributed by atoms with Gasteiger partial charge in [-0.05, 0) is 23.8 Å². The average Bonchev–Trinajstić information content (AvgIpc) is 2.78. The smallest absolute Gasteiger partial charge is 0.379 e. The molecule has 19 heavy (non-hydrogen) atoms. The van der Waals surface area contributed by atoms with Crippen LogP contribution in [0.1, 0.15) is 17.2 Å². The van der Waals surface area contributed by atoms with E-state index in [0.29, 0.717) is 6.54 Å². The van der Waals surface area contributed by atoms with E-state index in [2.05, 4.69) is 15.9 Å². The molecule has 0 aliphatic heterocycles. The molecular weight excluding hydrogens is 323 g/mol. The van der Waals surface area contributed by atoms with Gasteiger partial charge in [-0.25, -0.2) is 0 Å². The number of aromatic nitrogens is 1. The number of nitrogens with zero attached hydrogens (tertiary/aromatic N) is 1. The van der Waals surface area contributed by atoms with Crippen LogP contribution in [-0.2, 0) is 6.54 Å². The first-order valence-electron chi connectivity index (χ1n) is 5.51. The number of halogens is 4. The van der Waals surface area contributed by atoms with Gasteiger partial charge in [0.15, 0.2) is 6.10 Å². The van der Waals surface area contributed by atoms with Crippen LogP contribution in [0, 0.1) is 0 Å². The molecule has 0 aliphatic carbocycles. The van der Waals surface area contributed by atoms with E-state index in [9.17, 15) is 13.2 Å². The van der Waals surface area contributed by atoms with Crippen molar-refractivity contribution >= 4 is 15.9 Å². The maximum atomic E-state index is 12.4. The Morgan fingerprint density at radius 1 is 1.16 bits per heavy atom. The normalized spacial score (nSPS) is 13.5. The summed E-state index contributed by atoms with van der Waals surface area (Å²) in [6, 6.07) is 8.76. The van der Waals surface area contributed by atoms with E-state index >= 15 is 0 Å². The third kappa shape index (κ3) is 3.61. The molecule has 1 N–H and O–H groups in total. The first kappa shape index (κ1) is 14.1. The van der Waals surface area contributed by atoms with E-state index in [0.717, 1.165) is 10.0 Å². The minimum atomic E-state index is -4.64. The highest BCUT2D eigenvalue weighted by Crippen LogP contribution is 2.32. The summed E-state index contributed by atoms with van der Waals surface area (Å²) >= 11 is 3.31. The molecule has 2 nitrogen and oxygen atoms in total. The van der Waals surface area contributed by atoms with Crippen molar-refractivity contribution in [2.75, 3.05) is 0 Å². The van der Waals surface area contributed by atoms with Crippen molar-refractivity contribution < 1.29 is 18.3 Å². The Morgan fingerprint density at radius 3 is 2.37 bits per heavy atom. The molecule has 0 bridgehead atoms. The number of aliphatic hydroxyl groups is 1. The topological polar surface area (TPSA) is 25.2 Å². The summed E-state index contributed by atoms with van der Waals surface area (Å²) in [5, 5.41) is 9.13. The SMILES string of the molecule is OC(c1ccn(Cc2ccc(Br)cc2)c1)C(F)(F)F. The zero-order chi connectivity index (χ0) is 14.0. The van der Waals surface area contributed by atoms with Gasteiger partial charge in [0.1, 0.15) is 0 Å². The van der Waals surface area contributed by atoms with Crippen molar-refractivity contribution in [2.45, 2.75) is 18.8 Å². The Labute approximate surface area is 116 Å². The summed E-state index contributed by atoms with van der Waals surface area (Å²) < 4.78 is 39.6. The van der Waals surface area contributed by atoms with Gasteiger partial charge < -0.3 is 9.67 Å². The molecule has 1 aromatic heterocycles. The molecule has 0 radical (unpaired) electrons. The van der Waals surface area contributed by atoms with Crippen LogP contribution in [0.5, 0.6) is 0 Å². The third-order valence-corrected chi connectivity index (χ3v) is 3.21. The zero-order valence-electron chi connectivity index (χ0n) is 9.73. The number of aliphatic hydroxyl groups excluding tert-OH is 1. The molecule has 0 spiro atoms. The molecule has 2 rings (SSSR count). The van der Waals surface area contributed by atoms with Crippen molar-refractivity contribution in [2.24, 2.45) is 0 Å². The van der Waals surface area contributed by atoms with Crippen LogP contribution in [0.15, 0.2) is 47.2 Å². The molecule has 1 atom stereocenters. The van der Waals surface area contributed by atoms with Crippen LogP contribution in [0.2, 0.25) is 0 Å². The maximum absolute atomic E-state index is 12.4. The number of rotatable bonds is 3. The van der Waals surface area contributed by atoms with Crippen LogP contribution in [-0.4, -0.2) is 15.8 Å². The molecule has 2 aromatic rings. The fourth-order valence-corrected chi connectivity index (χ4v) is 1.97. The summed E-state index contributed by atoms with van der Waals surface area (Å²) in [6.07, 6.45) is -4.24. The van der Waals surface area contributed by atoms with Gasteiger partial charge in [0.2, 0.25) is 0 Å². The first-order valence-corrected chi connectivity index (χ1v) is 6.30. The minimum absolute atomic E-state index is 0.149. The molecule has 1 heterocycles. The predicted molar refractivity (Wildman–Crippen MR) is 68.7 cm³/mol. The van der Waals surface area contributed by atoms with E-state index < -0.39 is 12.3 Å². The van der Waals surface area contributed by atoms with Gasteiger partial charge in [-0.15, -0.1) is 0 Å². The molecule has 102 valence electrons. The van der Waals surface area contributed by atoms with Gasteiger partial charge >= 0.3 is 6.18 Å². The Kier molecular flexibility index (Phi) is 4.01. The van der Waals surface area contributed by atoms with E-state index in [1.54, 1.807) is 4.57 Å². The zero-order valence-corrected chi connectivity index (χ0v) is 11.3. The monoisotopic (exact) mass is 333 g/mol. The quantitative estimate of drug-likeness (QED) is 0.905. The van der Waals surface area contributed by atoms with Gasteiger partial charge in [-0.2, -0.15) is 13.2 Å². The fraction of sp³-hybridized carbons (Fsp3) is 0.231. The molecule has 0 saturated carbocycles. The van der Waals surface area contributed by atoms with Gasteiger partial charge in [-0.1, -0.05) is 28.1 Å². The summed E-state index contributed by atoms with van der Waals surface area (Å²) in [5.74, 6) is 0. The van der Waals surface area contributed by atoms with E-state index in [4.69, 9.17) is 5.11 Å². The van der Waals surface area contributed by atoms with E-state index in [1.165, 1.54) is 18.5 Å². The predicted octanol–water partition coefficient (Wildman–Crippen LogP) is 3.89. The van der Waals surface area contributed by atoms with Crippen LogP contribution in [0.25, 0.3) is 0 Å². The lowest BCUT2D eigenvalue weighted by atomic mass is 10.2. The van der Waals surface area contributed by atoms with E-state index in [-0.39, 0.29) is 5.56 Å². The minimum Gasteiger partial charge on any atom is -0.379 e. The summed E-state index contributed by atoms with van der Waals surface area (Å²) in [4.78, 5) is 0. The van der Waals surface area contributed by atoms with Gasteiger partial charge in [0, 0.05) is 29.0 Å². The van der Waals surface area contributed by atoms with Crippen molar-refractivity contribution in [3.05, 3.63) is 58.3 Å². The molecule has 1 aromatic carbocycles. The van der Waals surface area contributed by atoms with Crippen LogP contribution < -0.4 is 0 Å². The molecule has 1 unspecified atom stereocenters. The highest BCUT2D eigenvalue weighted by Gasteiger charge is 2.39. The molecule has 6 heteroatoms. The number of hydrogen-bond acceptors (Lipinski definition) is 1. The number of alkyl halides is 3. The Bertz CT molecular complexity index is 548. The number of benzene rings is 1. The van der Waals surface area contributed by atoms with Crippen LogP contribution >= 0.6 is 15.9 Å². The fourth-order valence-electron chi connectivity index (χ4n) is 1.71. The summed E-state index contributed by atoms with van der Waals surface area (Å²) in [5.41, 5.74) is 0.816. The largest absolute Gasteiger partial charge is 0.418 e. The van der Waals surface area contributed by atoms with Crippen molar-refractivity contribution in [3.63, 3.8) is 0 Å². The summed E-state index contributed by atoms with van der Waals surface area (Å²) in [6.45, 7) is 0.456. The van der Waals surface area contributed by atoms with E-state index in [1.807, 2.05) is 24.3 Å².